The monoisotopic (exact) mass is 307 g/mol. The maximum absolute atomic E-state index is 12.7. The van der Waals surface area contributed by atoms with Crippen LogP contribution in [-0.4, -0.2) is 54.5 Å². The number of rotatable bonds is 6. The standard InChI is InChI=1S/C16H25N3OS/c1-2-7-18(13-10-17-11-13)12-16(20)19-8-3-5-14(19)15-6-4-9-21-15/h4,6,9,13-14,17H,2-3,5,7-8,10-12H2,1H3. The highest BCUT2D eigenvalue weighted by molar-refractivity contribution is 7.10. The van der Waals surface area contributed by atoms with Crippen molar-refractivity contribution in [1.29, 1.82) is 0 Å². The molecule has 2 aliphatic rings. The number of amides is 1. The van der Waals surface area contributed by atoms with Crippen molar-refractivity contribution in [2.75, 3.05) is 32.7 Å². The molecule has 5 heteroatoms. The quantitative estimate of drug-likeness (QED) is 0.874. The summed E-state index contributed by atoms with van der Waals surface area (Å²) >= 11 is 1.77. The molecule has 2 aliphatic heterocycles. The highest BCUT2D eigenvalue weighted by Gasteiger charge is 2.33. The highest BCUT2D eigenvalue weighted by atomic mass is 32.1. The normalized spacial score (nSPS) is 22.8. The molecule has 116 valence electrons. The largest absolute Gasteiger partial charge is 0.334 e. The number of thiophene rings is 1. The molecule has 2 fully saturated rings. The predicted molar refractivity (Wildman–Crippen MR) is 86.5 cm³/mol. The lowest BCUT2D eigenvalue weighted by Gasteiger charge is -2.38. The summed E-state index contributed by atoms with van der Waals surface area (Å²) < 4.78 is 0. The molecule has 1 N–H and O–H groups in total. The molecule has 1 unspecified atom stereocenters. The van der Waals surface area contributed by atoms with Crippen molar-refractivity contribution in [2.45, 2.75) is 38.3 Å². The summed E-state index contributed by atoms with van der Waals surface area (Å²) in [4.78, 5) is 18.6. The number of carbonyl (C=O) groups is 1. The fourth-order valence-corrected chi connectivity index (χ4v) is 4.19. The van der Waals surface area contributed by atoms with Gasteiger partial charge in [0, 0.05) is 30.6 Å². The van der Waals surface area contributed by atoms with E-state index in [2.05, 4.69) is 39.6 Å². The summed E-state index contributed by atoms with van der Waals surface area (Å²) in [5.41, 5.74) is 0. The van der Waals surface area contributed by atoms with E-state index in [1.54, 1.807) is 11.3 Å². The van der Waals surface area contributed by atoms with Crippen molar-refractivity contribution in [3.63, 3.8) is 0 Å². The molecule has 21 heavy (non-hydrogen) atoms. The molecule has 3 rings (SSSR count). The van der Waals surface area contributed by atoms with E-state index in [-0.39, 0.29) is 0 Å². The van der Waals surface area contributed by atoms with Crippen molar-refractivity contribution in [1.82, 2.24) is 15.1 Å². The van der Waals surface area contributed by atoms with Crippen LogP contribution < -0.4 is 5.32 Å². The van der Waals surface area contributed by atoms with Crippen molar-refractivity contribution in [2.24, 2.45) is 0 Å². The SMILES string of the molecule is CCCN(CC(=O)N1CCCC1c1cccs1)C1CNC1. The fourth-order valence-electron chi connectivity index (χ4n) is 3.32. The van der Waals surface area contributed by atoms with Crippen LogP contribution in [0.15, 0.2) is 17.5 Å². The van der Waals surface area contributed by atoms with Gasteiger partial charge in [-0.3, -0.25) is 9.69 Å². The first-order chi connectivity index (χ1) is 10.3. The maximum Gasteiger partial charge on any atom is 0.237 e. The van der Waals surface area contributed by atoms with Gasteiger partial charge < -0.3 is 10.2 Å². The van der Waals surface area contributed by atoms with Gasteiger partial charge in [0.2, 0.25) is 5.91 Å². The van der Waals surface area contributed by atoms with Crippen LogP contribution in [0.5, 0.6) is 0 Å². The fraction of sp³-hybridized carbons (Fsp3) is 0.688. The molecule has 1 atom stereocenters. The van der Waals surface area contributed by atoms with Gasteiger partial charge in [-0.2, -0.15) is 0 Å². The molecular weight excluding hydrogens is 282 g/mol. The van der Waals surface area contributed by atoms with E-state index in [1.165, 1.54) is 4.88 Å². The van der Waals surface area contributed by atoms with E-state index >= 15 is 0 Å². The summed E-state index contributed by atoms with van der Waals surface area (Å²) in [6.45, 7) is 6.78. The zero-order chi connectivity index (χ0) is 14.7. The molecule has 4 nitrogen and oxygen atoms in total. The Morgan fingerprint density at radius 3 is 3.00 bits per heavy atom. The lowest BCUT2D eigenvalue weighted by Crippen LogP contribution is -2.59. The van der Waals surface area contributed by atoms with Crippen molar-refractivity contribution < 1.29 is 4.79 Å². The lowest BCUT2D eigenvalue weighted by molar-refractivity contribution is -0.134. The Morgan fingerprint density at radius 2 is 2.38 bits per heavy atom. The maximum atomic E-state index is 12.7. The zero-order valence-corrected chi connectivity index (χ0v) is 13.6. The molecule has 0 bridgehead atoms. The van der Waals surface area contributed by atoms with Gasteiger partial charge in [0.25, 0.3) is 0 Å². The van der Waals surface area contributed by atoms with Crippen molar-refractivity contribution in [3.05, 3.63) is 22.4 Å². The van der Waals surface area contributed by atoms with E-state index in [1.807, 2.05) is 0 Å². The second-order valence-corrected chi connectivity index (χ2v) is 7.02. The number of nitrogens with one attached hydrogen (secondary N) is 1. The second kappa shape index (κ2) is 6.90. The molecule has 1 aromatic heterocycles. The third kappa shape index (κ3) is 3.30. The first kappa shape index (κ1) is 15.0. The average Bonchev–Trinajstić information content (AvgIpc) is 3.07. The molecule has 0 spiro atoms. The topological polar surface area (TPSA) is 35.6 Å². The minimum Gasteiger partial charge on any atom is -0.334 e. The number of hydrogen-bond acceptors (Lipinski definition) is 4. The minimum atomic E-state index is 0.311. The number of nitrogens with zero attached hydrogens (tertiary/aromatic N) is 2. The third-order valence-electron chi connectivity index (χ3n) is 4.57. The van der Waals surface area contributed by atoms with Gasteiger partial charge in [-0.25, -0.2) is 0 Å². The van der Waals surface area contributed by atoms with E-state index < -0.39 is 0 Å². The Bertz CT molecular complexity index is 458. The first-order valence-electron chi connectivity index (χ1n) is 8.07. The van der Waals surface area contributed by atoms with Crippen LogP contribution in [0.3, 0.4) is 0 Å². The lowest BCUT2D eigenvalue weighted by atomic mass is 10.1. The van der Waals surface area contributed by atoms with Crippen LogP contribution in [0.25, 0.3) is 0 Å². The van der Waals surface area contributed by atoms with Crippen LogP contribution in [0.1, 0.15) is 37.1 Å². The van der Waals surface area contributed by atoms with Crippen LogP contribution in [0.4, 0.5) is 0 Å². The Kier molecular flexibility index (Phi) is 4.93. The molecular formula is C16H25N3OS. The Hall–Kier alpha value is -0.910. The van der Waals surface area contributed by atoms with E-state index in [4.69, 9.17) is 0 Å². The van der Waals surface area contributed by atoms with Gasteiger partial charge in [0.05, 0.1) is 12.6 Å². The van der Waals surface area contributed by atoms with Gasteiger partial charge in [0.1, 0.15) is 0 Å². The van der Waals surface area contributed by atoms with Crippen LogP contribution in [-0.2, 0) is 4.79 Å². The van der Waals surface area contributed by atoms with Crippen LogP contribution in [0, 0.1) is 0 Å². The number of hydrogen-bond donors (Lipinski definition) is 1. The van der Waals surface area contributed by atoms with Gasteiger partial charge in [-0.15, -0.1) is 11.3 Å². The van der Waals surface area contributed by atoms with E-state index in [9.17, 15) is 4.79 Å². The van der Waals surface area contributed by atoms with Gasteiger partial charge in [-0.1, -0.05) is 13.0 Å². The Labute approximate surface area is 131 Å². The zero-order valence-electron chi connectivity index (χ0n) is 12.8. The predicted octanol–water partition coefficient (Wildman–Crippen LogP) is 2.10. The molecule has 0 aromatic carbocycles. The van der Waals surface area contributed by atoms with Crippen LogP contribution >= 0.6 is 11.3 Å². The van der Waals surface area contributed by atoms with E-state index in [0.717, 1.165) is 45.4 Å². The second-order valence-electron chi connectivity index (χ2n) is 6.04. The summed E-state index contributed by atoms with van der Waals surface area (Å²) in [6, 6.07) is 5.13. The van der Waals surface area contributed by atoms with Crippen molar-refractivity contribution >= 4 is 17.2 Å². The Balaban J connectivity index is 1.63. The first-order valence-corrected chi connectivity index (χ1v) is 8.95. The molecule has 0 saturated carbocycles. The number of likely N-dealkylation sites (tertiary alicyclic amines) is 1. The molecule has 0 radical (unpaired) electrons. The van der Waals surface area contributed by atoms with Gasteiger partial charge >= 0.3 is 0 Å². The smallest absolute Gasteiger partial charge is 0.237 e. The van der Waals surface area contributed by atoms with Crippen LogP contribution in [0.2, 0.25) is 0 Å². The Morgan fingerprint density at radius 1 is 1.52 bits per heavy atom. The average molecular weight is 307 g/mol. The van der Waals surface area contributed by atoms with Gasteiger partial charge in [-0.05, 0) is 37.3 Å². The van der Waals surface area contributed by atoms with Crippen molar-refractivity contribution in [3.8, 4) is 0 Å². The molecule has 1 amide bonds. The molecule has 1 aromatic rings. The summed E-state index contributed by atoms with van der Waals surface area (Å²) in [7, 11) is 0. The van der Waals surface area contributed by atoms with Gasteiger partial charge in [0.15, 0.2) is 0 Å². The summed E-state index contributed by atoms with van der Waals surface area (Å²) in [6.07, 6.45) is 3.36. The molecule has 0 aliphatic carbocycles. The third-order valence-corrected chi connectivity index (χ3v) is 5.54. The summed E-state index contributed by atoms with van der Waals surface area (Å²) in [5, 5.41) is 5.42. The van der Waals surface area contributed by atoms with E-state index in [0.29, 0.717) is 24.5 Å². The highest BCUT2D eigenvalue weighted by Crippen LogP contribution is 2.34. The molecule has 3 heterocycles. The number of carbonyl (C=O) groups excluding carboxylic acids is 1. The molecule has 2 saturated heterocycles. The minimum absolute atomic E-state index is 0.311. The summed E-state index contributed by atoms with van der Waals surface area (Å²) in [5.74, 6) is 0.311.